The van der Waals surface area contributed by atoms with Gasteiger partial charge in [-0.25, -0.2) is 4.57 Å². The Balaban J connectivity index is 1.26. The van der Waals surface area contributed by atoms with E-state index in [0.717, 1.165) is 12.1 Å². The van der Waals surface area contributed by atoms with Crippen LogP contribution in [0.25, 0.3) is 0 Å². The van der Waals surface area contributed by atoms with E-state index in [4.69, 9.17) is 32.7 Å². The molecule has 3 aromatic carbocycles. The van der Waals surface area contributed by atoms with E-state index < -0.39 is 87.7 Å². The van der Waals surface area contributed by atoms with Gasteiger partial charge in [-0.1, -0.05) is 12.1 Å². The standard InChI is InChI=1S/C31H33O18P/c1-43-18-6-12(2-4-15(18)34)29-22(11-44-50(41,42)49-31-28(40)26(38)24(36)21(10-32)48-31)45-17-5-3-13(7-19(17)46-29)30-27(39)25(37)23-16(35)8-14(33)9-20(23)47-30/h2-9,21-22,24,26-36,38-40H,10-11H2,1H3,(H,41,42)/t21-,22+,24-,26+,27+,28-,29-,30-,31?/m1/s1. The van der Waals surface area contributed by atoms with Gasteiger partial charge in [0.15, 0.2) is 53.7 Å². The normalized spacial score (nSPS) is 30.1. The fourth-order valence-corrected chi connectivity index (χ4v) is 6.59. The number of aliphatic hydroxyl groups excluding tert-OH is 5. The third kappa shape index (κ3) is 6.78. The highest BCUT2D eigenvalue weighted by Crippen LogP contribution is 2.50. The molecule has 0 saturated carbocycles. The lowest BCUT2D eigenvalue weighted by Gasteiger charge is -2.39. The summed E-state index contributed by atoms with van der Waals surface area (Å²) in [6, 6.07) is 10.5. The number of ether oxygens (including phenoxy) is 5. The highest BCUT2D eigenvalue weighted by molar-refractivity contribution is 7.47. The number of phenolic OH excluding ortho intramolecular Hbond substituents is 3. The first-order chi connectivity index (χ1) is 23.7. The van der Waals surface area contributed by atoms with Gasteiger partial charge in [0.05, 0.1) is 20.3 Å². The smallest absolute Gasteiger partial charge is 0.474 e. The minimum absolute atomic E-state index is 0.0477. The van der Waals surface area contributed by atoms with E-state index in [1.54, 1.807) is 0 Å². The molecule has 0 amide bonds. The molecule has 0 radical (unpaired) electrons. The summed E-state index contributed by atoms with van der Waals surface area (Å²) in [4.78, 5) is 23.5. The molecule has 1 saturated heterocycles. The molecule has 0 aromatic heterocycles. The lowest BCUT2D eigenvalue weighted by Crippen LogP contribution is -2.58. The third-order valence-corrected chi connectivity index (χ3v) is 9.26. The fraction of sp³-hybridized carbons (Fsp3) is 0.387. The van der Waals surface area contributed by atoms with E-state index in [1.807, 2.05) is 0 Å². The summed E-state index contributed by atoms with van der Waals surface area (Å²) in [5.74, 6) is -1.98. The summed E-state index contributed by atoms with van der Waals surface area (Å²) < 4.78 is 51.5. The maximum absolute atomic E-state index is 13.0. The quantitative estimate of drug-likeness (QED) is 0.134. The van der Waals surface area contributed by atoms with Gasteiger partial charge < -0.3 is 69.4 Å². The first-order valence-corrected chi connectivity index (χ1v) is 16.5. The summed E-state index contributed by atoms with van der Waals surface area (Å²) in [5.41, 5.74) is 0.257. The Morgan fingerprint density at radius 2 is 1.48 bits per heavy atom. The van der Waals surface area contributed by atoms with E-state index in [2.05, 4.69) is 0 Å². The van der Waals surface area contributed by atoms with Crippen molar-refractivity contribution in [3.8, 4) is 40.2 Å². The predicted molar refractivity (Wildman–Crippen MR) is 163 cm³/mol. The molecule has 10 atom stereocenters. The number of benzene rings is 3. The molecule has 270 valence electrons. The van der Waals surface area contributed by atoms with Crippen LogP contribution in [-0.4, -0.2) is 115 Å². The number of carbonyl (C=O) groups is 1. The Labute approximate surface area is 282 Å². The molecule has 3 aromatic rings. The number of Topliss-reactive ketones (excluding diaryl/α,β-unsaturated/α-hetero) is 1. The van der Waals surface area contributed by atoms with Gasteiger partial charge in [-0.2, -0.15) is 0 Å². The molecular formula is C31H33O18P. The van der Waals surface area contributed by atoms with Crippen molar-refractivity contribution < 1.29 is 87.8 Å². The first kappa shape index (κ1) is 35.6. The van der Waals surface area contributed by atoms with Crippen LogP contribution in [0.1, 0.15) is 33.7 Å². The number of fused-ring (bicyclic) bond motifs is 2. The van der Waals surface area contributed by atoms with Gasteiger partial charge >= 0.3 is 7.82 Å². The minimum atomic E-state index is -5.12. The van der Waals surface area contributed by atoms with Gasteiger partial charge in [-0.05, 0) is 29.8 Å². The average Bonchev–Trinajstić information content (AvgIpc) is 3.08. The summed E-state index contributed by atoms with van der Waals surface area (Å²) >= 11 is 0. The van der Waals surface area contributed by atoms with Crippen LogP contribution >= 0.6 is 7.82 Å². The number of carbonyl (C=O) groups excluding carboxylic acids is 1. The molecule has 19 heteroatoms. The Morgan fingerprint density at radius 1 is 0.780 bits per heavy atom. The van der Waals surface area contributed by atoms with Crippen LogP contribution in [0, 0.1) is 0 Å². The second-order valence-electron chi connectivity index (χ2n) is 11.6. The molecule has 6 rings (SSSR count). The molecule has 3 aliphatic heterocycles. The van der Waals surface area contributed by atoms with Crippen molar-refractivity contribution in [2.75, 3.05) is 20.3 Å². The Kier molecular flexibility index (Phi) is 9.86. The number of phenols is 3. The molecule has 0 bridgehead atoms. The fourth-order valence-electron chi connectivity index (χ4n) is 5.75. The van der Waals surface area contributed by atoms with Crippen LogP contribution in [0.4, 0.5) is 0 Å². The number of aromatic hydroxyl groups is 3. The van der Waals surface area contributed by atoms with Gasteiger partial charge in [0.2, 0.25) is 5.78 Å². The third-order valence-electron chi connectivity index (χ3n) is 8.31. The highest BCUT2D eigenvalue weighted by atomic mass is 31.2. The number of hydrogen-bond acceptors (Lipinski definition) is 17. The number of phosphoric acid groups is 1. The SMILES string of the molecule is COc1cc([C@H]2Oc3cc([C@H]4Oc5cc(O)cc(O)c5C(=O)[C@@H]4O)ccc3O[C@H]2COP(=O)(O)OC2O[C@H](CO)[C@@H](O)[C@H](O)[C@H]2O)ccc1O. The number of ketones is 1. The lowest BCUT2D eigenvalue weighted by molar-refractivity contribution is -0.281. The summed E-state index contributed by atoms with van der Waals surface area (Å²) in [6.45, 7) is -1.51. The molecular weight excluding hydrogens is 691 g/mol. The predicted octanol–water partition coefficient (Wildman–Crippen LogP) is 0.304. The summed E-state index contributed by atoms with van der Waals surface area (Å²) in [5, 5.41) is 80.7. The monoisotopic (exact) mass is 724 g/mol. The van der Waals surface area contributed by atoms with Gasteiger partial charge in [0, 0.05) is 17.7 Å². The van der Waals surface area contributed by atoms with Crippen LogP contribution in [-0.2, 0) is 18.3 Å². The van der Waals surface area contributed by atoms with Crippen LogP contribution in [0.2, 0.25) is 0 Å². The maximum atomic E-state index is 13.0. The minimum Gasteiger partial charge on any atom is -0.508 e. The van der Waals surface area contributed by atoms with Crippen molar-refractivity contribution in [2.45, 2.75) is 55.1 Å². The second-order valence-corrected chi connectivity index (χ2v) is 13.0. The molecule has 1 fully saturated rings. The van der Waals surface area contributed by atoms with E-state index >= 15 is 0 Å². The topological polar surface area (TPSA) is 281 Å². The zero-order valence-corrected chi connectivity index (χ0v) is 26.8. The summed E-state index contributed by atoms with van der Waals surface area (Å²) in [7, 11) is -3.81. The Morgan fingerprint density at radius 3 is 2.20 bits per heavy atom. The van der Waals surface area contributed by atoms with E-state index in [9.17, 15) is 55.1 Å². The zero-order valence-electron chi connectivity index (χ0n) is 25.9. The van der Waals surface area contributed by atoms with E-state index in [-0.39, 0.29) is 45.6 Å². The molecule has 2 unspecified atom stereocenters. The molecule has 50 heavy (non-hydrogen) atoms. The van der Waals surface area contributed by atoms with Gasteiger partial charge in [0.1, 0.15) is 47.2 Å². The average molecular weight is 725 g/mol. The van der Waals surface area contributed by atoms with Crippen LogP contribution < -0.4 is 18.9 Å². The van der Waals surface area contributed by atoms with Gasteiger partial charge in [-0.3, -0.25) is 13.8 Å². The van der Waals surface area contributed by atoms with Crippen molar-refractivity contribution in [1.82, 2.24) is 0 Å². The van der Waals surface area contributed by atoms with Crippen molar-refractivity contribution in [3.05, 3.63) is 65.2 Å². The van der Waals surface area contributed by atoms with E-state index in [0.29, 0.717) is 5.56 Å². The second kappa shape index (κ2) is 13.8. The maximum Gasteiger partial charge on any atom is 0.474 e. The van der Waals surface area contributed by atoms with Crippen molar-refractivity contribution in [2.24, 2.45) is 0 Å². The highest BCUT2D eigenvalue weighted by Gasteiger charge is 2.47. The summed E-state index contributed by atoms with van der Waals surface area (Å²) in [6.07, 6.45) is -14.4. The van der Waals surface area contributed by atoms with Gasteiger partial charge in [-0.15, -0.1) is 0 Å². The Bertz CT molecular complexity index is 1800. The Hall–Kier alpha value is -4.20. The molecule has 0 aliphatic carbocycles. The number of hydrogen-bond donors (Lipinski definition) is 9. The number of methoxy groups -OCH3 is 1. The molecule has 18 nitrogen and oxygen atoms in total. The van der Waals surface area contributed by atoms with Crippen LogP contribution in [0.3, 0.4) is 0 Å². The van der Waals surface area contributed by atoms with Crippen LogP contribution in [0.15, 0.2) is 48.5 Å². The number of phosphoric ester groups is 1. The van der Waals surface area contributed by atoms with Crippen molar-refractivity contribution in [3.63, 3.8) is 0 Å². The van der Waals surface area contributed by atoms with Gasteiger partial charge in [0.25, 0.3) is 0 Å². The van der Waals surface area contributed by atoms with Crippen molar-refractivity contribution in [1.29, 1.82) is 0 Å². The zero-order chi connectivity index (χ0) is 36.1. The number of rotatable bonds is 9. The molecule has 9 N–H and O–H groups in total. The van der Waals surface area contributed by atoms with E-state index in [1.165, 1.54) is 43.5 Å². The first-order valence-electron chi connectivity index (χ1n) is 15.0. The largest absolute Gasteiger partial charge is 0.508 e. The molecule has 3 aliphatic rings. The molecule has 0 spiro atoms. The van der Waals surface area contributed by atoms with Crippen LogP contribution in [0.5, 0.6) is 40.2 Å². The lowest BCUT2D eigenvalue weighted by atomic mass is 9.92. The number of aliphatic hydroxyl groups is 5. The van der Waals surface area contributed by atoms with Crippen molar-refractivity contribution >= 4 is 13.6 Å². The molecule has 3 heterocycles.